The molecular formula is C31H11N7. The second-order valence-electron chi connectivity index (χ2n) is 8.88. The minimum atomic E-state index is -0.00756. The van der Waals surface area contributed by atoms with E-state index in [1.54, 1.807) is 0 Å². The Morgan fingerprint density at radius 2 is 0.974 bits per heavy atom. The lowest BCUT2D eigenvalue weighted by molar-refractivity contribution is 1.27. The van der Waals surface area contributed by atoms with Crippen LogP contribution in [0.4, 0.5) is 0 Å². The highest BCUT2D eigenvalue weighted by atomic mass is 14.9. The first kappa shape index (κ1) is 21.2. The van der Waals surface area contributed by atoms with E-state index in [0.717, 1.165) is 33.2 Å². The molecule has 0 atom stereocenters. The summed E-state index contributed by atoms with van der Waals surface area (Å²) in [7, 11) is 0. The van der Waals surface area contributed by atoms with E-state index in [1.807, 2.05) is 91.0 Å². The SMILES string of the molecule is N#CC(C#N)=C1c2ccccc2-c2cc3cc4nc5c(nc4cc3nc21)-c1ccccc1C5=C(C#N)C#N. The maximum absolute atomic E-state index is 9.64. The van der Waals surface area contributed by atoms with Crippen molar-refractivity contribution in [3.8, 4) is 46.7 Å². The molecule has 0 saturated carbocycles. The van der Waals surface area contributed by atoms with Crippen molar-refractivity contribution in [3.05, 3.63) is 100 Å². The van der Waals surface area contributed by atoms with Crippen LogP contribution >= 0.6 is 0 Å². The summed E-state index contributed by atoms with van der Waals surface area (Å²) in [6.45, 7) is 0. The standard InChI is InChI=1S/C31H11N7/c32-12-17(13-33)27-20-6-2-1-5-19(20)23-9-16-10-25-26(11-24(16)36-29(23)27)37-30-22-8-4-3-7-21(22)28(31(30)38-25)18(14-34)15-35/h1-11H. The Hall–Kier alpha value is -6.15. The first-order chi connectivity index (χ1) is 18.7. The minimum absolute atomic E-state index is 0.00756. The van der Waals surface area contributed by atoms with Crippen molar-refractivity contribution in [2.45, 2.75) is 0 Å². The van der Waals surface area contributed by atoms with Gasteiger partial charge in [0.25, 0.3) is 0 Å². The van der Waals surface area contributed by atoms with Crippen LogP contribution < -0.4 is 0 Å². The van der Waals surface area contributed by atoms with Gasteiger partial charge in [-0.2, -0.15) is 21.0 Å². The van der Waals surface area contributed by atoms with Crippen molar-refractivity contribution in [3.63, 3.8) is 0 Å². The molecule has 170 valence electrons. The van der Waals surface area contributed by atoms with Gasteiger partial charge in [0.2, 0.25) is 0 Å². The van der Waals surface area contributed by atoms with Crippen LogP contribution in [0.3, 0.4) is 0 Å². The molecule has 0 N–H and O–H groups in total. The summed E-state index contributed by atoms with van der Waals surface area (Å²) in [6.07, 6.45) is 0. The van der Waals surface area contributed by atoms with Gasteiger partial charge in [0, 0.05) is 27.7 Å². The highest BCUT2D eigenvalue weighted by Gasteiger charge is 2.31. The monoisotopic (exact) mass is 481 g/mol. The van der Waals surface area contributed by atoms with Crippen LogP contribution in [0.25, 0.3) is 55.5 Å². The molecule has 2 aromatic heterocycles. The molecule has 0 spiro atoms. The molecular weight excluding hydrogens is 470 g/mol. The zero-order chi connectivity index (χ0) is 26.0. The fraction of sp³-hybridized carbons (Fsp3) is 0. The zero-order valence-corrected chi connectivity index (χ0v) is 19.5. The molecule has 0 unspecified atom stereocenters. The van der Waals surface area contributed by atoms with Crippen LogP contribution in [0.5, 0.6) is 0 Å². The Labute approximate surface area is 216 Å². The summed E-state index contributed by atoms with van der Waals surface area (Å²) < 4.78 is 0. The van der Waals surface area contributed by atoms with Crippen LogP contribution in [0.2, 0.25) is 0 Å². The molecule has 2 heterocycles. The van der Waals surface area contributed by atoms with Gasteiger partial charge in [0.05, 0.1) is 33.6 Å². The van der Waals surface area contributed by atoms with Crippen LogP contribution in [0.15, 0.2) is 77.9 Å². The maximum atomic E-state index is 9.64. The highest BCUT2D eigenvalue weighted by molar-refractivity contribution is 6.08. The zero-order valence-electron chi connectivity index (χ0n) is 19.5. The Balaban J connectivity index is 1.54. The fourth-order valence-electron chi connectivity index (χ4n) is 5.36. The Bertz CT molecular complexity index is 1980. The Morgan fingerprint density at radius 1 is 0.474 bits per heavy atom. The van der Waals surface area contributed by atoms with Gasteiger partial charge in [-0.05, 0) is 34.9 Å². The molecule has 7 rings (SSSR count). The summed E-state index contributed by atoms with van der Waals surface area (Å²) in [6, 6.07) is 28.9. The van der Waals surface area contributed by atoms with E-state index >= 15 is 0 Å². The van der Waals surface area contributed by atoms with E-state index in [-0.39, 0.29) is 11.1 Å². The summed E-state index contributed by atoms with van der Waals surface area (Å²) in [5, 5.41) is 39.3. The molecule has 2 aliphatic carbocycles. The summed E-state index contributed by atoms with van der Waals surface area (Å²) >= 11 is 0. The molecule has 0 fully saturated rings. The average Bonchev–Trinajstić information content (AvgIpc) is 3.44. The second-order valence-corrected chi connectivity index (χ2v) is 8.88. The molecule has 0 saturated heterocycles. The first-order valence-electron chi connectivity index (χ1n) is 11.6. The van der Waals surface area contributed by atoms with Gasteiger partial charge in [-0.25, -0.2) is 15.0 Å². The van der Waals surface area contributed by atoms with Gasteiger partial charge in [0.1, 0.15) is 35.4 Å². The number of hydrogen-bond acceptors (Lipinski definition) is 7. The molecule has 0 amide bonds. The van der Waals surface area contributed by atoms with E-state index < -0.39 is 0 Å². The number of benzene rings is 3. The summed E-state index contributed by atoms with van der Waals surface area (Å²) in [5.74, 6) is 0. The van der Waals surface area contributed by atoms with Gasteiger partial charge in [-0.3, -0.25) is 0 Å². The van der Waals surface area contributed by atoms with Gasteiger partial charge in [-0.15, -0.1) is 0 Å². The largest absolute Gasteiger partial charge is 0.247 e. The third kappa shape index (κ3) is 2.70. The molecule has 2 aliphatic rings. The Kier molecular flexibility index (Phi) is 4.27. The maximum Gasteiger partial charge on any atom is 0.139 e. The number of nitrogens with zero attached hydrogens (tertiary/aromatic N) is 7. The molecule has 0 bridgehead atoms. The second kappa shape index (κ2) is 7.67. The lowest BCUT2D eigenvalue weighted by atomic mass is 10.0. The average molecular weight is 481 g/mol. The van der Waals surface area contributed by atoms with E-state index in [0.29, 0.717) is 44.8 Å². The van der Waals surface area contributed by atoms with Crippen LogP contribution in [-0.2, 0) is 0 Å². The number of nitriles is 4. The van der Waals surface area contributed by atoms with E-state index in [1.165, 1.54) is 0 Å². The van der Waals surface area contributed by atoms with Gasteiger partial charge in [0.15, 0.2) is 0 Å². The number of rotatable bonds is 0. The van der Waals surface area contributed by atoms with Crippen molar-refractivity contribution in [2.24, 2.45) is 0 Å². The van der Waals surface area contributed by atoms with Crippen molar-refractivity contribution in [1.82, 2.24) is 15.0 Å². The smallest absolute Gasteiger partial charge is 0.139 e. The number of aromatic nitrogens is 3. The molecule has 0 radical (unpaired) electrons. The molecule has 7 nitrogen and oxygen atoms in total. The van der Waals surface area contributed by atoms with E-state index in [2.05, 4.69) is 0 Å². The molecule has 38 heavy (non-hydrogen) atoms. The number of hydrogen-bond donors (Lipinski definition) is 0. The van der Waals surface area contributed by atoms with Crippen molar-refractivity contribution in [1.29, 1.82) is 21.0 Å². The van der Waals surface area contributed by atoms with Crippen LogP contribution in [0, 0.1) is 45.3 Å². The van der Waals surface area contributed by atoms with Crippen molar-refractivity contribution in [2.75, 3.05) is 0 Å². The molecule has 5 aromatic rings. The molecule has 7 heteroatoms. The molecule has 0 aliphatic heterocycles. The third-order valence-corrected chi connectivity index (χ3v) is 6.96. The van der Waals surface area contributed by atoms with Gasteiger partial charge >= 0.3 is 0 Å². The Morgan fingerprint density at radius 3 is 1.63 bits per heavy atom. The normalized spacial score (nSPS) is 12.0. The van der Waals surface area contributed by atoms with Crippen molar-refractivity contribution < 1.29 is 0 Å². The quantitative estimate of drug-likeness (QED) is 0.196. The summed E-state index contributed by atoms with van der Waals surface area (Å²) in [5.41, 5.74) is 8.72. The highest BCUT2D eigenvalue weighted by Crippen LogP contribution is 2.47. The fourth-order valence-corrected chi connectivity index (χ4v) is 5.36. The third-order valence-electron chi connectivity index (χ3n) is 6.96. The van der Waals surface area contributed by atoms with Gasteiger partial charge < -0.3 is 0 Å². The number of allylic oxidation sites excluding steroid dienone is 2. The lowest BCUT2D eigenvalue weighted by Gasteiger charge is -2.08. The lowest BCUT2D eigenvalue weighted by Crippen LogP contribution is -1.96. The number of fused-ring (bicyclic) bond motifs is 8. The number of pyridine rings is 1. The topological polar surface area (TPSA) is 134 Å². The van der Waals surface area contributed by atoms with E-state index in [9.17, 15) is 21.0 Å². The van der Waals surface area contributed by atoms with Crippen molar-refractivity contribution >= 4 is 33.1 Å². The van der Waals surface area contributed by atoms with Gasteiger partial charge in [-0.1, -0.05) is 48.5 Å². The molecule has 3 aromatic carbocycles. The van der Waals surface area contributed by atoms with Crippen LogP contribution in [-0.4, -0.2) is 15.0 Å². The van der Waals surface area contributed by atoms with Crippen LogP contribution in [0.1, 0.15) is 22.5 Å². The first-order valence-corrected chi connectivity index (χ1v) is 11.6. The predicted octanol–water partition coefficient (Wildman–Crippen LogP) is 5.84. The predicted molar refractivity (Wildman–Crippen MR) is 140 cm³/mol. The summed E-state index contributed by atoms with van der Waals surface area (Å²) in [4.78, 5) is 14.7. The minimum Gasteiger partial charge on any atom is -0.247 e. The van der Waals surface area contributed by atoms with E-state index in [4.69, 9.17) is 15.0 Å².